The van der Waals surface area contributed by atoms with E-state index in [1.54, 1.807) is 29.2 Å². The van der Waals surface area contributed by atoms with Crippen molar-refractivity contribution in [2.24, 2.45) is 5.92 Å². The standard InChI is InChI=1S/C21H23N3O3/c1-15(25)22-18-8-5-9-19(13-18)23-21(27)17-12-20(26)24(14-17)11-10-16-6-3-2-4-7-16/h2-9,13,17H,10-12,14H2,1H3,(H,22,25)(H,23,27). The van der Waals surface area contributed by atoms with Crippen molar-refractivity contribution in [3.8, 4) is 0 Å². The van der Waals surface area contributed by atoms with E-state index in [0.29, 0.717) is 24.5 Å². The van der Waals surface area contributed by atoms with Crippen LogP contribution in [-0.4, -0.2) is 35.7 Å². The lowest BCUT2D eigenvalue weighted by molar-refractivity contribution is -0.128. The fourth-order valence-corrected chi connectivity index (χ4v) is 3.19. The number of nitrogens with one attached hydrogen (secondary N) is 2. The van der Waals surface area contributed by atoms with Gasteiger partial charge in [0.25, 0.3) is 0 Å². The highest BCUT2D eigenvalue weighted by atomic mass is 16.2. The number of hydrogen-bond donors (Lipinski definition) is 2. The summed E-state index contributed by atoms with van der Waals surface area (Å²) in [5.74, 6) is -0.699. The normalized spacial score (nSPS) is 16.3. The van der Waals surface area contributed by atoms with E-state index >= 15 is 0 Å². The molecule has 3 amide bonds. The average molecular weight is 365 g/mol. The number of carbonyl (C=O) groups excluding carboxylic acids is 3. The number of benzene rings is 2. The molecule has 2 aromatic carbocycles. The Labute approximate surface area is 158 Å². The molecule has 6 nitrogen and oxygen atoms in total. The quantitative estimate of drug-likeness (QED) is 0.826. The molecule has 0 aromatic heterocycles. The molecule has 1 atom stereocenters. The van der Waals surface area contributed by atoms with E-state index in [1.165, 1.54) is 12.5 Å². The summed E-state index contributed by atoms with van der Waals surface area (Å²) in [6, 6.07) is 17.0. The van der Waals surface area contributed by atoms with Crippen LogP contribution in [0.2, 0.25) is 0 Å². The van der Waals surface area contributed by atoms with Crippen molar-refractivity contribution in [3.63, 3.8) is 0 Å². The summed E-state index contributed by atoms with van der Waals surface area (Å²) in [5.41, 5.74) is 2.39. The lowest BCUT2D eigenvalue weighted by Gasteiger charge is -2.16. The van der Waals surface area contributed by atoms with Crippen molar-refractivity contribution in [2.75, 3.05) is 23.7 Å². The Balaban J connectivity index is 1.55. The zero-order valence-electron chi connectivity index (χ0n) is 15.3. The maximum absolute atomic E-state index is 12.5. The summed E-state index contributed by atoms with van der Waals surface area (Å²) in [7, 11) is 0. The van der Waals surface area contributed by atoms with Gasteiger partial charge in [0.1, 0.15) is 0 Å². The molecule has 0 saturated carbocycles. The van der Waals surface area contributed by atoms with Gasteiger partial charge in [-0.05, 0) is 30.2 Å². The first kappa shape index (κ1) is 18.6. The second-order valence-corrected chi connectivity index (χ2v) is 6.73. The molecule has 1 unspecified atom stereocenters. The largest absolute Gasteiger partial charge is 0.342 e. The molecule has 0 radical (unpaired) electrons. The summed E-state index contributed by atoms with van der Waals surface area (Å²) in [6.45, 7) is 2.48. The van der Waals surface area contributed by atoms with E-state index in [9.17, 15) is 14.4 Å². The van der Waals surface area contributed by atoms with Gasteiger partial charge in [-0.15, -0.1) is 0 Å². The number of likely N-dealkylation sites (tertiary alicyclic amines) is 1. The Morgan fingerprint density at radius 1 is 1.04 bits per heavy atom. The minimum atomic E-state index is -0.363. The van der Waals surface area contributed by atoms with Crippen LogP contribution in [0.25, 0.3) is 0 Å². The second-order valence-electron chi connectivity index (χ2n) is 6.73. The van der Waals surface area contributed by atoms with Crippen molar-refractivity contribution in [3.05, 3.63) is 60.2 Å². The molecule has 3 rings (SSSR count). The van der Waals surface area contributed by atoms with Crippen LogP contribution in [0.1, 0.15) is 18.9 Å². The van der Waals surface area contributed by atoms with E-state index in [1.807, 2.05) is 30.3 Å². The lowest BCUT2D eigenvalue weighted by Crippen LogP contribution is -2.30. The molecule has 1 aliphatic heterocycles. The van der Waals surface area contributed by atoms with E-state index in [4.69, 9.17) is 0 Å². The number of nitrogens with zero attached hydrogens (tertiary/aromatic N) is 1. The molecular formula is C21H23N3O3. The monoisotopic (exact) mass is 365 g/mol. The first-order chi connectivity index (χ1) is 13.0. The number of carbonyl (C=O) groups is 3. The number of hydrogen-bond acceptors (Lipinski definition) is 3. The highest BCUT2D eigenvalue weighted by molar-refractivity contribution is 5.98. The predicted octanol–water partition coefficient (Wildman–Crippen LogP) is 2.67. The first-order valence-corrected chi connectivity index (χ1v) is 9.01. The summed E-state index contributed by atoms with van der Waals surface area (Å²) in [6.07, 6.45) is 1.01. The molecule has 0 aliphatic carbocycles. The van der Waals surface area contributed by atoms with Gasteiger partial charge >= 0.3 is 0 Å². The summed E-state index contributed by atoms with van der Waals surface area (Å²) in [4.78, 5) is 37.7. The highest BCUT2D eigenvalue weighted by Crippen LogP contribution is 2.21. The van der Waals surface area contributed by atoms with Gasteiger partial charge < -0.3 is 15.5 Å². The topological polar surface area (TPSA) is 78.5 Å². The summed E-state index contributed by atoms with van der Waals surface area (Å²) >= 11 is 0. The van der Waals surface area contributed by atoms with Crippen LogP contribution in [0.3, 0.4) is 0 Å². The number of amides is 3. The van der Waals surface area contributed by atoms with E-state index in [2.05, 4.69) is 10.6 Å². The molecule has 1 heterocycles. The van der Waals surface area contributed by atoms with Gasteiger partial charge in [0.15, 0.2) is 0 Å². The Bertz CT molecular complexity index is 836. The van der Waals surface area contributed by atoms with Gasteiger partial charge in [0.05, 0.1) is 5.92 Å². The molecule has 2 aromatic rings. The molecule has 1 aliphatic rings. The zero-order valence-corrected chi connectivity index (χ0v) is 15.3. The van der Waals surface area contributed by atoms with Crippen molar-refractivity contribution in [2.45, 2.75) is 19.8 Å². The minimum Gasteiger partial charge on any atom is -0.342 e. The van der Waals surface area contributed by atoms with Crippen LogP contribution in [0.15, 0.2) is 54.6 Å². The van der Waals surface area contributed by atoms with Crippen LogP contribution < -0.4 is 10.6 Å². The van der Waals surface area contributed by atoms with Crippen LogP contribution in [0, 0.1) is 5.92 Å². The van der Waals surface area contributed by atoms with Crippen LogP contribution in [0.4, 0.5) is 11.4 Å². The lowest BCUT2D eigenvalue weighted by atomic mass is 10.1. The van der Waals surface area contributed by atoms with Crippen LogP contribution in [-0.2, 0) is 20.8 Å². The Morgan fingerprint density at radius 2 is 1.74 bits per heavy atom. The highest BCUT2D eigenvalue weighted by Gasteiger charge is 2.34. The summed E-state index contributed by atoms with van der Waals surface area (Å²) < 4.78 is 0. The number of rotatable bonds is 6. The maximum atomic E-state index is 12.5. The Morgan fingerprint density at radius 3 is 2.44 bits per heavy atom. The average Bonchev–Trinajstić information content (AvgIpc) is 3.01. The predicted molar refractivity (Wildman–Crippen MR) is 104 cm³/mol. The fourth-order valence-electron chi connectivity index (χ4n) is 3.19. The maximum Gasteiger partial charge on any atom is 0.229 e. The van der Waals surface area contributed by atoms with Crippen molar-refractivity contribution < 1.29 is 14.4 Å². The SMILES string of the molecule is CC(=O)Nc1cccc(NC(=O)C2CC(=O)N(CCc3ccccc3)C2)c1. The molecule has 1 fully saturated rings. The van der Waals surface area contributed by atoms with Crippen molar-refractivity contribution in [1.82, 2.24) is 4.90 Å². The minimum absolute atomic E-state index is 0.0121. The molecule has 0 bridgehead atoms. The molecule has 140 valence electrons. The van der Waals surface area contributed by atoms with Gasteiger partial charge in [-0.1, -0.05) is 36.4 Å². The Hall–Kier alpha value is -3.15. The molecule has 6 heteroatoms. The fraction of sp³-hybridized carbons (Fsp3) is 0.286. The van der Waals surface area contributed by atoms with Gasteiger partial charge in [-0.3, -0.25) is 14.4 Å². The smallest absolute Gasteiger partial charge is 0.229 e. The van der Waals surface area contributed by atoms with Gasteiger partial charge in [-0.2, -0.15) is 0 Å². The van der Waals surface area contributed by atoms with Crippen molar-refractivity contribution in [1.29, 1.82) is 0 Å². The third kappa shape index (κ3) is 5.17. The van der Waals surface area contributed by atoms with Gasteiger partial charge in [0.2, 0.25) is 17.7 Å². The van der Waals surface area contributed by atoms with E-state index in [0.717, 1.165) is 6.42 Å². The first-order valence-electron chi connectivity index (χ1n) is 9.01. The van der Waals surface area contributed by atoms with E-state index in [-0.39, 0.29) is 30.1 Å². The van der Waals surface area contributed by atoms with Crippen LogP contribution in [0.5, 0.6) is 0 Å². The second kappa shape index (κ2) is 8.49. The van der Waals surface area contributed by atoms with Gasteiger partial charge in [0, 0.05) is 37.8 Å². The summed E-state index contributed by atoms with van der Waals surface area (Å²) in [5, 5.41) is 5.53. The molecule has 27 heavy (non-hydrogen) atoms. The van der Waals surface area contributed by atoms with Crippen LogP contribution >= 0.6 is 0 Å². The number of anilines is 2. The Kier molecular flexibility index (Phi) is 5.86. The molecule has 2 N–H and O–H groups in total. The zero-order chi connectivity index (χ0) is 19.2. The van der Waals surface area contributed by atoms with Gasteiger partial charge in [-0.25, -0.2) is 0 Å². The molecular weight excluding hydrogens is 342 g/mol. The van der Waals surface area contributed by atoms with Crippen molar-refractivity contribution >= 4 is 29.1 Å². The molecule has 1 saturated heterocycles. The third-order valence-corrected chi connectivity index (χ3v) is 4.55. The molecule has 0 spiro atoms. The third-order valence-electron chi connectivity index (χ3n) is 4.55. The van der Waals surface area contributed by atoms with E-state index < -0.39 is 0 Å².